The third kappa shape index (κ3) is 5.88. The summed E-state index contributed by atoms with van der Waals surface area (Å²) in [5.41, 5.74) is 2.14. The number of hydrogen-bond acceptors (Lipinski definition) is 5. The molecule has 1 fully saturated rings. The van der Waals surface area contributed by atoms with Gasteiger partial charge in [0.15, 0.2) is 0 Å². The Morgan fingerprint density at radius 3 is 2.16 bits per heavy atom. The average Bonchev–Trinajstić information content (AvgIpc) is 2.83. The van der Waals surface area contributed by atoms with Gasteiger partial charge in [0.05, 0.1) is 18.0 Å². The molecular weight excluding hydrogens is 426 g/mol. The number of rotatable bonds is 9. The SMILES string of the molecule is CCCc1ccc(S(=O)(=O)N2CCN([C@H](C)C(=O)NCc3ccc(OC)cc3)CC2)cc1. The third-order valence-electron chi connectivity index (χ3n) is 5.93. The maximum absolute atomic E-state index is 13.0. The molecule has 1 saturated heterocycles. The van der Waals surface area contributed by atoms with Crippen molar-refractivity contribution in [3.63, 3.8) is 0 Å². The Hall–Kier alpha value is -2.42. The Balaban J connectivity index is 1.51. The van der Waals surface area contributed by atoms with Crippen molar-refractivity contribution in [3.8, 4) is 5.75 Å². The van der Waals surface area contributed by atoms with Crippen molar-refractivity contribution in [2.45, 2.75) is 44.2 Å². The van der Waals surface area contributed by atoms with Crippen LogP contribution in [0.25, 0.3) is 0 Å². The molecule has 1 aliphatic rings. The molecule has 0 aromatic heterocycles. The minimum Gasteiger partial charge on any atom is -0.497 e. The summed E-state index contributed by atoms with van der Waals surface area (Å²) < 4.78 is 32.6. The summed E-state index contributed by atoms with van der Waals surface area (Å²) in [5.74, 6) is 0.710. The van der Waals surface area contributed by atoms with Crippen LogP contribution >= 0.6 is 0 Å². The quantitative estimate of drug-likeness (QED) is 0.624. The van der Waals surface area contributed by atoms with Gasteiger partial charge in [0.1, 0.15) is 5.75 Å². The van der Waals surface area contributed by atoms with Gasteiger partial charge in [0, 0.05) is 32.7 Å². The Kier molecular flexibility index (Phi) is 8.28. The number of ether oxygens (including phenoxy) is 1. The first kappa shape index (κ1) is 24.2. The maximum Gasteiger partial charge on any atom is 0.243 e. The van der Waals surface area contributed by atoms with Gasteiger partial charge in [-0.05, 0) is 48.7 Å². The number of sulfonamides is 1. The van der Waals surface area contributed by atoms with Gasteiger partial charge >= 0.3 is 0 Å². The second kappa shape index (κ2) is 10.9. The molecule has 0 aliphatic carbocycles. The zero-order chi connectivity index (χ0) is 23.1. The van der Waals surface area contributed by atoms with E-state index in [2.05, 4.69) is 12.2 Å². The summed E-state index contributed by atoms with van der Waals surface area (Å²) in [5, 5.41) is 2.96. The molecule has 0 bridgehead atoms. The first-order chi connectivity index (χ1) is 15.3. The van der Waals surface area contributed by atoms with Crippen LogP contribution < -0.4 is 10.1 Å². The molecule has 1 N–H and O–H groups in total. The van der Waals surface area contributed by atoms with Gasteiger partial charge in [0.25, 0.3) is 0 Å². The number of carbonyl (C=O) groups excluding carboxylic acids is 1. The van der Waals surface area contributed by atoms with Gasteiger partial charge in [-0.3, -0.25) is 9.69 Å². The molecule has 1 heterocycles. The van der Waals surface area contributed by atoms with Crippen molar-refractivity contribution in [1.82, 2.24) is 14.5 Å². The van der Waals surface area contributed by atoms with E-state index >= 15 is 0 Å². The summed E-state index contributed by atoms with van der Waals surface area (Å²) in [6.45, 7) is 6.18. The normalized spacial score (nSPS) is 16.5. The lowest BCUT2D eigenvalue weighted by Crippen LogP contribution is -2.54. The molecule has 2 aromatic rings. The Morgan fingerprint density at radius 2 is 1.59 bits per heavy atom. The summed E-state index contributed by atoms with van der Waals surface area (Å²) in [4.78, 5) is 15.0. The molecule has 32 heavy (non-hydrogen) atoms. The van der Waals surface area contributed by atoms with Crippen LogP contribution in [0.2, 0.25) is 0 Å². The van der Waals surface area contributed by atoms with Crippen molar-refractivity contribution < 1.29 is 17.9 Å². The highest BCUT2D eigenvalue weighted by Gasteiger charge is 2.31. The Labute approximate surface area is 191 Å². The molecule has 0 saturated carbocycles. The molecule has 3 rings (SSSR count). The summed E-state index contributed by atoms with van der Waals surface area (Å²) in [6.07, 6.45) is 1.97. The van der Waals surface area contributed by atoms with Gasteiger partial charge in [0.2, 0.25) is 15.9 Å². The molecular formula is C24H33N3O4S. The van der Waals surface area contributed by atoms with Gasteiger partial charge in [-0.2, -0.15) is 4.31 Å². The third-order valence-corrected chi connectivity index (χ3v) is 7.84. The lowest BCUT2D eigenvalue weighted by molar-refractivity contribution is -0.126. The van der Waals surface area contributed by atoms with Crippen LogP contribution in [0.4, 0.5) is 0 Å². The number of nitrogens with one attached hydrogen (secondary N) is 1. The molecule has 2 aromatic carbocycles. The average molecular weight is 460 g/mol. The zero-order valence-corrected chi connectivity index (χ0v) is 19.9. The molecule has 7 nitrogen and oxygen atoms in total. The summed E-state index contributed by atoms with van der Waals surface area (Å²) in [6, 6.07) is 14.4. The minimum absolute atomic E-state index is 0.0661. The van der Waals surface area contributed by atoms with E-state index in [1.54, 1.807) is 19.2 Å². The van der Waals surface area contributed by atoms with Crippen LogP contribution in [0.1, 0.15) is 31.4 Å². The predicted octanol–water partition coefficient (Wildman–Crippen LogP) is 2.66. The first-order valence-electron chi connectivity index (χ1n) is 11.1. The molecule has 1 aliphatic heterocycles. The highest BCUT2D eigenvalue weighted by molar-refractivity contribution is 7.89. The number of amides is 1. The van der Waals surface area contributed by atoms with Crippen LogP contribution in [0.5, 0.6) is 5.75 Å². The van der Waals surface area contributed by atoms with E-state index in [1.165, 1.54) is 4.31 Å². The molecule has 174 valence electrons. The molecule has 0 spiro atoms. The molecule has 0 radical (unpaired) electrons. The van der Waals surface area contributed by atoms with E-state index < -0.39 is 10.0 Å². The van der Waals surface area contributed by atoms with Crippen molar-refractivity contribution in [2.75, 3.05) is 33.3 Å². The lowest BCUT2D eigenvalue weighted by Gasteiger charge is -2.36. The Morgan fingerprint density at radius 1 is 1.00 bits per heavy atom. The lowest BCUT2D eigenvalue weighted by atomic mass is 10.1. The van der Waals surface area contributed by atoms with Crippen LogP contribution in [0, 0.1) is 0 Å². The topological polar surface area (TPSA) is 79.0 Å². The highest BCUT2D eigenvalue weighted by Crippen LogP contribution is 2.20. The van der Waals surface area contributed by atoms with Gasteiger partial charge < -0.3 is 10.1 Å². The smallest absolute Gasteiger partial charge is 0.243 e. The number of hydrogen-bond donors (Lipinski definition) is 1. The number of carbonyl (C=O) groups is 1. The van der Waals surface area contributed by atoms with Crippen LogP contribution in [-0.4, -0.2) is 62.9 Å². The number of piperazine rings is 1. The van der Waals surface area contributed by atoms with Crippen molar-refractivity contribution >= 4 is 15.9 Å². The monoisotopic (exact) mass is 459 g/mol. The molecule has 1 atom stereocenters. The van der Waals surface area contributed by atoms with E-state index in [1.807, 2.05) is 48.2 Å². The first-order valence-corrected chi connectivity index (χ1v) is 12.5. The summed E-state index contributed by atoms with van der Waals surface area (Å²) in [7, 11) is -1.90. The van der Waals surface area contributed by atoms with E-state index in [4.69, 9.17) is 4.74 Å². The largest absolute Gasteiger partial charge is 0.497 e. The maximum atomic E-state index is 13.0. The van der Waals surface area contributed by atoms with Gasteiger partial charge in [-0.15, -0.1) is 0 Å². The molecule has 8 heteroatoms. The van der Waals surface area contributed by atoms with Crippen LogP contribution in [-0.2, 0) is 27.8 Å². The predicted molar refractivity (Wildman–Crippen MR) is 125 cm³/mol. The van der Waals surface area contributed by atoms with E-state index in [0.29, 0.717) is 37.6 Å². The van der Waals surface area contributed by atoms with Crippen molar-refractivity contribution in [3.05, 3.63) is 59.7 Å². The fourth-order valence-electron chi connectivity index (χ4n) is 3.84. The second-order valence-corrected chi connectivity index (χ2v) is 10.0. The Bertz CT molecular complexity index is 983. The van der Waals surface area contributed by atoms with Crippen LogP contribution in [0.15, 0.2) is 53.4 Å². The van der Waals surface area contributed by atoms with E-state index in [0.717, 1.165) is 29.7 Å². The van der Waals surface area contributed by atoms with Crippen molar-refractivity contribution in [2.24, 2.45) is 0 Å². The molecule has 0 unspecified atom stereocenters. The van der Waals surface area contributed by atoms with Crippen molar-refractivity contribution in [1.29, 1.82) is 0 Å². The van der Waals surface area contributed by atoms with E-state index in [-0.39, 0.29) is 11.9 Å². The number of benzene rings is 2. The number of aryl methyl sites for hydroxylation is 1. The van der Waals surface area contributed by atoms with Gasteiger partial charge in [-0.25, -0.2) is 8.42 Å². The standard InChI is InChI=1S/C24H33N3O4S/c1-4-5-20-8-12-23(13-9-20)32(29,30)27-16-14-26(15-17-27)19(2)24(28)25-18-21-6-10-22(31-3)11-7-21/h6-13,19H,4-5,14-18H2,1-3H3,(H,25,28)/t19-/m1/s1. The van der Waals surface area contributed by atoms with E-state index in [9.17, 15) is 13.2 Å². The second-order valence-electron chi connectivity index (χ2n) is 8.08. The van der Waals surface area contributed by atoms with Crippen LogP contribution in [0.3, 0.4) is 0 Å². The summed E-state index contributed by atoms with van der Waals surface area (Å²) >= 11 is 0. The minimum atomic E-state index is -3.52. The highest BCUT2D eigenvalue weighted by atomic mass is 32.2. The number of methoxy groups -OCH3 is 1. The number of nitrogens with zero attached hydrogens (tertiary/aromatic N) is 2. The fourth-order valence-corrected chi connectivity index (χ4v) is 5.27. The fraction of sp³-hybridized carbons (Fsp3) is 0.458. The zero-order valence-electron chi connectivity index (χ0n) is 19.1. The van der Waals surface area contributed by atoms with Gasteiger partial charge in [-0.1, -0.05) is 37.6 Å². The molecule has 1 amide bonds.